The molecule has 6 nitrogen and oxygen atoms in total. The number of carbonyl (C=O) groups excluding carboxylic acids is 1. The Labute approximate surface area is 155 Å². The third kappa shape index (κ3) is 5.77. The fraction of sp³-hybridized carbons (Fsp3) is 0.625. The van der Waals surface area contributed by atoms with Gasteiger partial charge in [0.25, 0.3) is 0 Å². The molecule has 2 aliphatic heterocycles. The number of ether oxygens (including phenoxy) is 1. The Morgan fingerprint density at radius 3 is 2.83 bits per heavy atom. The van der Waals surface area contributed by atoms with Gasteiger partial charge in [0.1, 0.15) is 5.82 Å². The quantitative estimate of drug-likeness (QED) is 0.833. The predicted octanol–water partition coefficient (Wildman–Crippen LogP) is 1.52. The Bertz CT molecular complexity index is 507. The Morgan fingerprint density at radius 1 is 1.33 bits per heavy atom. The Balaban J connectivity index is 0.00000144. The molecule has 3 rings (SSSR count). The number of morpholine rings is 1. The lowest BCUT2D eigenvalue weighted by molar-refractivity contribution is -0.123. The summed E-state index contributed by atoms with van der Waals surface area (Å²) < 4.78 is 5.36. The molecular formula is C16H26Cl2N4O2. The molecule has 2 fully saturated rings. The number of halogens is 2. The summed E-state index contributed by atoms with van der Waals surface area (Å²) in [5.41, 5.74) is 1.08. The van der Waals surface area contributed by atoms with Crippen LogP contribution in [0, 0.1) is 0 Å². The van der Waals surface area contributed by atoms with E-state index in [9.17, 15) is 4.79 Å². The minimum Gasteiger partial charge on any atom is -0.378 e. The molecule has 2 saturated heterocycles. The van der Waals surface area contributed by atoms with Gasteiger partial charge < -0.3 is 20.3 Å². The SMILES string of the molecule is Cl.Cl.O=C(NCc1ccnc(N2CCOCC2)c1)C1CCCCN1. The average Bonchev–Trinajstić information content (AvgIpc) is 2.61. The fourth-order valence-electron chi connectivity index (χ4n) is 2.92. The number of hydrogen-bond acceptors (Lipinski definition) is 5. The summed E-state index contributed by atoms with van der Waals surface area (Å²) in [7, 11) is 0. The maximum absolute atomic E-state index is 12.1. The Hall–Kier alpha value is -1.08. The number of nitrogens with zero attached hydrogens (tertiary/aromatic N) is 2. The van der Waals surface area contributed by atoms with Crippen LogP contribution >= 0.6 is 24.8 Å². The van der Waals surface area contributed by atoms with E-state index in [4.69, 9.17) is 4.74 Å². The van der Waals surface area contributed by atoms with E-state index in [0.717, 1.165) is 63.5 Å². The number of anilines is 1. The van der Waals surface area contributed by atoms with Crippen molar-refractivity contribution in [1.82, 2.24) is 15.6 Å². The normalized spacial score (nSPS) is 20.5. The van der Waals surface area contributed by atoms with Crippen LogP contribution in [0.4, 0.5) is 5.82 Å². The van der Waals surface area contributed by atoms with E-state index in [2.05, 4.69) is 26.6 Å². The van der Waals surface area contributed by atoms with Gasteiger partial charge >= 0.3 is 0 Å². The zero-order valence-corrected chi connectivity index (χ0v) is 15.3. The predicted molar refractivity (Wildman–Crippen MR) is 99.3 cm³/mol. The van der Waals surface area contributed by atoms with Crippen molar-refractivity contribution in [1.29, 1.82) is 0 Å². The first kappa shape index (κ1) is 21.0. The third-order valence-corrected chi connectivity index (χ3v) is 4.24. The van der Waals surface area contributed by atoms with Crippen molar-refractivity contribution < 1.29 is 9.53 Å². The Kier molecular flexibility index (Phi) is 9.36. The number of aromatic nitrogens is 1. The van der Waals surface area contributed by atoms with Crippen molar-refractivity contribution in [3.63, 3.8) is 0 Å². The fourth-order valence-corrected chi connectivity index (χ4v) is 2.92. The average molecular weight is 377 g/mol. The largest absolute Gasteiger partial charge is 0.378 e. The third-order valence-electron chi connectivity index (χ3n) is 4.24. The highest BCUT2D eigenvalue weighted by Gasteiger charge is 2.20. The highest BCUT2D eigenvalue weighted by Crippen LogP contribution is 2.14. The van der Waals surface area contributed by atoms with Gasteiger partial charge in [-0.3, -0.25) is 4.79 Å². The summed E-state index contributed by atoms with van der Waals surface area (Å²) in [6.07, 6.45) is 5.03. The van der Waals surface area contributed by atoms with E-state index in [1.54, 1.807) is 0 Å². The first-order valence-corrected chi connectivity index (χ1v) is 8.11. The number of carbonyl (C=O) groups is 1. The first-order chi connectivity index (χ1) is 10.8. The molecule has 2 aliphatic rings. The Morgan fingerprint density at radius 2 is 2.12 bits per heavy atom. The van der Waals surface area contributed by atoms with Crippen LogP contribution < -0.4 is 15.5 Å². The van der Waals surface area contributed by atoms with Crippen LogP contribution in [0.1, 0.15) is 24.8 Å². The van der Waals surface area contributed by atoms with Crippen LogP contribution in [0.5, 0.6) is 0 Å². The highest BCUT2D eigenvalue weighted by molar-refractivity contribution is 5.85. The minimum absolute atomic E-state index is 0. The van der Waals surface area contributed by atoms with Crippen molar-refractivity contribution in [2.45, 2.75) is 31.8 Å². The van der Waals surface area contributed by atoms with Crippen LogP contribution in [-0.4, -0.2) is 49.8 Å². The standard InChI is InChI=1S/C16H24N4O2.2ClH/c21-16(14-3-1-2-5-17-14)19-12-13-4-6-18-15(11-13)20-7-9-22-10-8-20;;/h4,6,11,14,17H,1-3,5,7-10,12H2,(H,19,21);2*1H. The molecule has 0 saturated carbocycles. The van der Waals surface area contributed by atoms with Crippen LogP contribution in [0.2, 0.25) is 0 Å². The van der Waals surface area contributed by atoms with Gasteiger partial charge in [-0.2, -0.15) is 0 Å². The zero-order chi connectivity index (χ0) is 15.2. The van der Waals surface area contributed by atoms with Crippen molar-refractivity contribution in [3.8, 4) is 0 Å². The molecule has 1 amide bonds. The molecule has 3 heterocycles. The van der Waals surface area contributed by atoms with E-state index >= 15 is 0 Å². The number of pyridine rings is 1. The second-order valence-electron chi connectivity index (χ2n) is 5.84. The topological polar surface area (TPSA) is 66.5 Å². The lowest BCUT2D eigenvalue weighted by atomic mass is 10.0. The molecule has 1 aromatic rings. The molecule has 0 aromatic carbocycles. The van der Waals surface area contributed by atoms with Gasteiger partial charge in [0, 0.05) is 25.8 Å². The van der Waals surface area contributed by atoms with E-state index in [1.165, 1.54) is 0 Å². The summed E-state index contributed by atoms with van der Waals surface area (Å²) in [4.78, 5) is 18.8. The van der Waals surface area contributed by atoms with E-state index in [-0.39, 0.29) is 36.8 Å². The highest BCUT2D eigenvalue weighted by atomic mass is 35.5. The maximum atomic E-state index is 12.1. The summed E-state index contributed by atoms with van der Waals surface area (Å²) in [5, 5.41) is 6.30. The second kappa shape index (κ2) is 10.7. The van der Waals surface area contributed by atoms with E-state index < -0.39 is 0 Å². The first-order valence-electron chi connectivity index (χ1n) is 8.11. The molecule has 0 radical (unpaired) electrons. The molecule has 24 heavy (non-hydrogen) atoms. The molecule has 0 aliphatic carbocycles. The van der Waals surface area contributed by atoms with E-state index in [0.29, 0.717) is 6.54 Å². The van der Waals surface area contributed by atoms with Gasteiger partial charge in [-0.1, -0.05) is 6.42 Å². The van der Waals surface area contributed by atoms with Gasteiger partial charge in [0.15, 0.2) is 0 Å². The van der Waals surface area contributed by atoms with Crippen molar-refractivity contribution >= 4 is 36.5 Å². The molecule has 8 heteroatoms. The summed E-state index contributed by atoms with van der Waals surface area (Å²) in [6.45, 7) is 4.72. The van der Waals surface area contributed by atoms with Gasteiger partial charge in [-0.15, -0.1) is 24.8 Å². The van der Waals surface area contributed by atoms with Gasteiger partial charge in [0.2, 0.25) is 5.91 Å². The summed E-state index contributed by atoms with van der Waals surface area (Å²) >= 11 is 0. The maximum Gasteiger partial charge on any atom is 0.237 e. The number of amides is 1. The molecule has 0 spiro atoms. The van der Waals surface area contributed by atoms with Crippen molar-refractivity contribution in [2.24, 2.45) is 0 Å². The number of hydrogen-bond donors (Lipinski definition) is 2. The molecule has 1 atom stereocenters. The van der Waals surface area contributed by atoms with Crippen LogP contribution in [0.25, 0.3) is 0 Å². The molecule has 136 valence electrons. The minimum atomic E-state index is -0.0331. The van der Waals surface area contributed by atoms with Gasteiger partial charge in [0.05, 0.1) is 19.3 Å². The molecular weight excluding hydrogens is 351 g/mol. The smallest absolute Gasteiger partial charge is 0.237 e. The molecule has 1 unspecified atom stereocenters. The number of nitrogens with one attached hydrogen (secondary N) is 2. The summed E-state index contributed by atoms with van der Waals surface area (Å²) in [5.74, 6) is 1.07. The van der Waals surface area contributed by atoms with Crippen molar-refractivity contribution in [3.05, 3.63) is 23.9 Å². The van der Waals surface area contributed by atoms with Crippen LogP contribution in [0.3, 0.4) is 0 Å². The van der Waals surface area contributed by atoms with E-state index in [1.807, 2.05) is 12.3 Å². The van der Waals surface area contributed by atoms with Gasteiger partial charge in [-0.05, 0) is 37.1 Å². The van der Waals surface area contributed by atoms with Gasteiger partial charge in [-0.25, -0.2) is 4.98 Å². The van der Waals surface area contributed by atoms with Crippen LogP contribution in [0.15, 0.2) is 18.3 Å². The zero-order valence-electron chi connectivity index (χ0n) is 13.7. The van der Waals surface area contributed by atoms with Crippen LogP contribution in [-0.2, 0) is 16.1 Å². The monoisotopic (exact) mass is 376 g/mol. The molecule has 0 bridgehead atoms. The lowest BCUT2D eigenvalue weighted by Crippen LogP contribution is -2.46. The number of rotatable bonds is 4. The second-order valence-corrected chi connectivity index (χ2v) is 5.84. The lowest BCUT2D eigenvalue weighted by Gasteiger charge is -2.28. The molecule has 2 N–H and O–H groups in total. The number of piperidine rings is 1. The molecule has 1 aromatic heterocycles. The summed E-state index contributed by atoms with van der Waals surface area (Å²) in [6, 6.07) is 3.98. The van der Waals surface area contributed by atoms with Crippen molar-refractivity contribution in [2.75, 3.05) is 37.7 Å².